The summed E-state index contributed by atoms with van der Waals surface area (Å²) in [4.78, 5) is 16.8. The monoisotopic (exact) mass is 372 g/mol. The van der Waals surface area contributed by atoms with Gasteiger partial charge in [-0.2, -0.15) is 0 Å². The molecule has 0 aromatic heterocycles. The lowest BCUT2D eigenvalue weighted by molar-refractivity contribution is 0.0628. The van der Waals surface area contributed by atoms with Gasteiger partial charge in [0.15, 0.2) is 11.5 Å². The number of carbonyl (C=O) groups excluding carboxylic acids is 1. The third kappa shape index (κ3) is 3.79. The summed E-state index contributed by atoms with van der Waals surface area (Å²) < 4.78 is 11.2. The van der Waals surface area contributed by atoms with Crippen LogP contribution in [0, 0.1) is 0 Å². The number of ether oxygens (including phenoxy) is 2. The predicted octanol–water partition coefficient (Wildman–Crippen LogP) is 3.07. The van der Waals surface area contributed by atoms with Crippen LogP contribution in [0.3, 0.4) is 0 Å². The highest BCUT2D eigenvalue weighted by molar-refractivity contribution is 6.30. The molecular formula is C20H21ClN2O3. The minimum Gasteiger partial charge on any atom is -0.486 e. The van der Waals surface area contributed by atoms with Gasteiger partial charge in [0.25, 0.3) is 5.91 Å². The maximum atomic E-state index is 12.6. The van der Waals surface area contributed by atoms with Crippen LogP contribution < -0.4 is 9.47 Å². The van der Waals surface area contributed by atoms with Gasteiger partial charge in [-0.15, -0.1) is 0 Å². The van der Waals surface area contributed by atoms with Crippen LogP contribution >= 0.6 is 11.6 Å². The Balaban J connectivity index is 1.33. The predicted molar refractivity (Wildman–Crippen MR) is 100 cm³/mol. The van der Waals surface area contributed by atoms with Crippen molar-refractivity contribution in [1.29, 1.82) is 0 Å². The second-order valence-electron chi connectivity index (χ2n) is 6.55. The Labute approximate surface area is 158 Å². The van der Waals surface area contributed by atoms with Crippen molar-refractivity contribution < 1.29 is 14.3 Å². The van der Waals surface area contributed by atoms with Gasteiger partial charge in [0, 0.05) is 43.3 Å². The molecule has 2 aliphatic heterocycles. The quantitative estimate of drug-likeness (QED) is 0.830. The third-order valence-corrected chi connectivity index (χ3v) is 5.02. The van der Waals surface area contributed by atoms with E-state index in [1.807, 2.05) is 11.0 Å². The Bertz CT molecular complexity index is 786. The molecule has 1 fully saturated rings. The highest BCUT2D eigenvalue weighted by Gasteiger charge is 2.22. The Kier molecular flexibility index (Phi) is 5.00. The lowest BCUT2D eigenvalue weighted by Gasteiger charge is -2.35. The van der Waals surface area contributed by atoms with Crippen LogP contribution in [-0.4, -0.2) is 55.1 Å². The first kappa shape index (κ1) is 17.2. The van der Waals surface area contributed by atoms with Crippen molar-refractivity contribution in [3.05, 3.63) is 58.6 Å². The highest BCUT2D eigenvalue weighted by Crippen LogP contribution is 2.31. The smallest absolute Gasteiger partial charge is 0.253 e. The Morgan fingerprint density at radius 2 is 1.62 bits per heavy atom. The van der Waals surface area contributed by atoms with E-state index in [-0.39, 0.29) is 5.91 Å². The number of hydrogen-bond acceptors (Lipinski definition) is 4. The number of nitrogens with zero attached hydrogens (tertiary/aromatic N) is 2. The Morgan fingerprint density at radius 1 is 0.923 bits per heavy atom. The largest absolute Gasteiger partial charge is 0.486 e. The van der Waals surface area contributed by atoms with Crippen LogP contribution in [0.4, 0.5) is 0 Å². The second kappa shape index (κ2) is 7.56. The maximum Gasteiger partial charge on any atom is 0.253 e. The second-order valence-corrected chi connectivity index (χ2v) is 6.99. The van der Waals surface area contributed by atoms with E-state index >= 15 is 0 Å². The van der Waals surface area contributed by atoms with E-state index in [9.17, 15) is 4.79 Å². The van der Waals surface area contributed by atoms with Gasteiger partial charge in [0.05, 0.1) is 0 Å². The zero-order chi connectivity index (χ0) is 17.9. The Morgan fingerprint density at radius 3 is 2.35 bits per heavy atom. The molecule has 0 N–H and O–H groups in total. The van der Waals surface area contributed by atoms with Crippen LogP contribution in [-0.2, 0) is 6.54 Å². The lowest BCUT2D eigenvalue weighted by Crippen LogP contribution is -2.48. The molecule has 6 heteroatoms. The van der Waals surface area contributed by atoms with Crippen molar-refractivity contribution in [3.63, 3.8) is 0 Å². The van der Waals surface area contributed by atoms with Gasteiger partial charge in [-0.1, -0.05) is 17.7 Å². The average Bonchev–Trinajstić information content (AvgIpc) is 2.68. The first-order valence-corrected chi connectivity index (χ1v) is 9.22. The number of hydrogen-bond donors (Lipinski definition) is 0. The summed E-state index contributed by atoms with van der Waals surface area (Å²) in [6, 6.07) is 13.2. The average molecular weight is 373 g/mol. The summed E-state index contributed by atoms with van der Waals surface area (Å²) in [5.74, 6) is 1.71. The first-order valence-electron chi connectivity index (χ1n) is 8.85. The number of amides is 1. The molecule has 136 valence electrons. The zero-order valence-electron chi connectivity index (χ0n) is 14.5. The molecule has 26 heavy (non-hydrogen) atoms. The molecule has 0 saturated carbocycles. The van der Waals surface area contributed by atoms with Gasteiger partial charge in [-0.05, 0) is 42.0 Å². The van der Waals surface area contributed by atoms with Crippen molar-refractivity contribution in [2.45, 2.75) is 6.54 Å². The molecule has 0 unspecified atom stereocenters. The fourth-order valence-corrected chi connectivity index (χ4v) is 3.45. The van der Waals surface area contributed by atoms with Gasteiger partial charge in [0.2, 0.25) is 0 Å². The first-order chi connectivity index (χ1) is 12.7. The molecule has 0 atom stereocenters. The fraction of sp³-hybridized carbons (Fsp3) is 0.350. The topological polar surface area (TPSA) is 42.0 Å². The zero-order valence-corrected chi connectivity index (χ0v) is 15.2. The number of rotatable bonds is 3. The molecule has 2 aromatic rings. The lowest BCUT2D eigenvalue weighted by atomic mass is 10.1. The van der Waals surface area contributed by atoms with E-state index in [1.54, 1.807) is 24.3 Å². The van der Waals surface area contributed by atoms with E-state index in [4.69, 9.17) is 21.1 Å². The van der Waals surface area contributed by atoms with Crippen molar-refractivity contribution in [2.24, 2.45) is 0 Å². The summed E-state index contributed by atoms with van der Waals surface area (Å²) >= 11 is 5.89. The number of benzene rings is 2. The van der Waals surface area contributed by atoms with Crippen molar-refractivity contribution in [3.8, 4) is 11.5 Å². The van der Waals surface area contributed by atoms with Crippen molar-refractivity contribution in [2.75, 3.05) is 39.4 Å². The summed E-state index contributed by atoms with van der Waals surface area (Å²) in [6.45, 7) is 5.22. The minimum atomic E-state index is 0.0700. The van der Waals surface area contributed by atoms with Crippen LogP contribution in [0.25, 0.3) is 0 Å². The van der Waals surface area contributed by atoms with E-state index in [0.29, 0.717) is 23.8 Å². The van der Waals surface area contributed by atoms with Crippen LogP contribution in [0.1, 0.15) is 15.9 Å². The number of carbonyl (C=O) groups is 1. The normalized spacial score (nSPS) is 17.2. The van der Waals surface area contributed by atoms with Crippen molar-refractivity contribution in [1.82, 2.24) is 9.80 Å². The molecule has 1 amide bonds. The SMILES string of the molecule is O=C(c1ccc(Cl)cc1)N1CCN(Cc2ccc3c(c2)OCCO3)CC1. The molecule has 2 heterocycles. The summed E-state index contributed by atoms with van der Waals surface area (Å²) in [5.41, 5.74) is 1.89. The molecule has 2 aromatic carbocycles. The van der Waals surface area contributed by atoms with E-state index in [2.05, 4.69) is 17.0 Å². The van der Waals surface area contributed by atoms with Gasteiger partial charge < -0.3 is 14.4 Å². The van der Waals surface area contributed by atoms with Crippen LogP contribution in [0.5, 0.6) is 11.5 Å². The van der Waals surface area contributed by atoms with Crippen molar-refractivity contribution >= 4 is 17.5 Å². The molecule has 4 rings (SSSR count). The molecule has 0 aliphatic carbocycles. The highest BCUT2D eigenvalue weighted by atomic mass is 35.5. The van der Waals surface area contributed by atoms with Crippen LogP contribution in [0.15, 0.2) is 42.5 Å². The molecule has 0 radical (unpaired) electrons. The van der Waals surface area contributed by atoms with Crippen LogP contribution in [0.2, 0.25) is 5.02 Å². The molecular weight excluding hydrogens is 352 g/mol. The summed E-state index contributed by atoms with van der Waals surface area (Å²) in [7, 11) is 0. The minimum absolute atomic E-state index is 0.0700. The maximum absolute atomic E-state index is 12.6. The third-order valence-electron chi connectivity index (χ3n) is 4.76. The number of piperazine rings is 1. The molecule has 0 spiro atoms. The van der Waals surface area contributed by atoms with Gasteiger partial charge >= 0.3 is 0 Å². The molecule has 0 bridgehead atoms. The number of halogens is 1. The summed E-state index contributed by atoms with van der Waals surface area (Å²) in [6.07, 6.45) is 0. The van der Waals surface area contributed by atoms with Gasteiger partial charge in [0.1, 0.15) is 13.2 Å². The summed E-state index contributed by atoms with van der Waals surface area (Å²) in [5, 5.41) is 0.644. The van der Waals surface area contributed by atoms with E-state index < -0.39 is 0 Å². The van der Waals surface area contributed by atoms with E-state index in [1.165, 1.54) is 5.56 Å². The molecule has 2 aliphatic rings. The standard InChI is InChI=1S/C20H21ClN2O3/c21-17-4-2-16(3-5-17)20(24)23-9-7-22(8-10-23)14-15-1-6-18-19(13-15)26-12-11-25-18/h1-6,13H,7-12,14H2. The molecule has 1 saturated heterocycles. The Hall–Kier alpha value is -2.24. The molecule has 5 nitrogen and oxygen atoms in total. The van der Waals surface area contributed by atoms with Gasteiger partial charge in [-0.25, -0.2) is 0 Å². The fourth-order valence-electron chi connectivity index (χ4n) is 3.33. The van der Waals surface area contributed by atoms with Gasteiger partial charge in [-0.3, -0.25) is 9.69 Å². The van der Waals surface area contributed by atoms with E-state index in [0.717, 1.165) is 44.2 Å². The number of fused-ring (bicyclic) bond motifs is 1.